The molecule has 0 bridgehead atoms. The zero-order valence-corrected chi connectivity index (χ0v) is 23.5. The highest BCUT2D eigenvalue weighted by molar-refractivity contribution is 7.22. The topological polar surface area (TPSA) is 114 Å². The number of anilines is 2. The van der Waals surface area contributed by atoms with Crippen molar-refractivity contribution in [3.05, 3.63) is 96.6 Å². The smallest absolute Gasteiger partial charge is 0.233 e. The number of methoxy groups -OCH3 is 1. The summed E-state index contributed by atoms with van der Waals surface area (Å²) in [6.45, 7) is 2.10. The molecule has 5 rings (SSSR count). The number of thiophene rings is 1. The molecule has 5 aromatic rings. The van der Waals surface area contributed by atoms with Crippen LogP contribution in [0.5, 0.6) is 11.5 Å². The summed E-state index contributed by atoms with van der Waals surface area (Å²) in [7, 11) is 1.67. The van der Waals surface area contributed by atoms with E-state index in [2.05, 4.69) is 25.9 Å². The molecule has 0 saturated carbocycles. The summed E-state index contributed by atoms with van der Waals surface area (Å²) in [6.07, 6.45) is 3.02. The second-order valence-electron chi connectivity index (χ2n) is 9.24. The van der Waals surface area contributed by atoms with Gasteiger partial charge >= 0.3 is 0 Å². The summed E-state index contributed by atoms with van der Waals surface area (Å²) in [5.74, 6) is -1.27. The number of carbonyl (C=O) groups excluding carboxylic acids is 2. The minimum atomic E-state index is -0.667. The largest absolute Gasteiger partial charge is 0.453 e. The van der Waals surface area contributed by atoms with Crippen LogP contribution < -0.4 is 20.7 Å². The number of nitrogens with zero attached hydrogens (tertiary/aromatic N) is 2. The third kappa shape index (κ3) is 7.52. The van der Waals surface area contributed by atoms with Crippen LogP contribution in [0.3, 0.4) is 0 Å². The Morgan fingerprint density at radius 3 is 2.45 bits per heavy atom. The molecule has 42 heavy (non-hydrogen) atoms. The second kappa shape index (κ2) is 13.8. The lowest BCUT2D eigenvalue weighted by Gasteiger charge is -2.10. The van der Waals surface area contributed by atoms with Gasteiger partial charge in [-0.2, -0.15) is 0 Å². The van der Waals surface area contributed by atoms with Gasteiger partial charge in [0.15, 0.2) is 11.6 Å². The SMILES string of the molecule is COCCNCc1ccc(-c2cc3nccc(Oc4ccc(NC(=O)CC(=O)Nc5ccccc5)cc4F)c3s2)nc1. The molecule has 0 unspecified atom stereocenters. The van der Waals surface area contributed by atoms with Gasteiger partial charge in [-0.05, 0) is 42.0 Å². The molecule has 9 nitrogen and oxygen atoms in total. The molecular formula is C31H28FN5O4S. The number of carbonyl (C=O) groups is 2. The van der Waals surface area contributed by atoms with Gasteiger partial charge in [-0.1, -0.05) is 24.3 Å². The van der Waals surface area contributed by atoms with Crippen LogP contribution in [0.4, 0.5) is 15.8 Å². The van der Waals surface area contributed by atoms with Gasteiger partial charge in [0.25, 0.3) is 0 Å². The van der Waals surface area contributed by atoms with Crippen LogP contribution in [0.2, 0.25) is 0 Å². The first kappa shape index (κ1) is 28.8. The lowest BCUT2D eigenvalue weighted by atomic mass is 10.2. The first-order valence-corrected chi connectivity index (χ1v) is 14.0. The molecule has 3 N–H and O–H groups in total. The molecule has 2 aromatic carbocycles. The van der Waals surface area contributed by atoms with E-state index in [1.807, 2.05) is 30.5 Å². The third-order valence-corrected chi connectivity index (χ3v) is 7.24. The van der Waals surface area contributed by atoms with E-state index < -0.39 is 24.1 Å². The number of aromatic nitrogens is 2. The van der Waals surface area contributed by atoms with Gasteiger partial charge < -0.3 is 25.4 Å². The number of pyridine rings is 2. The van der Waals surface area contributed by atoms with E-state index >= 15 is 0 Å². The zero-order valence-electron chi connectivity index (χ0n) is 22.7. The molecule has 0 aliphatic rings. The minimum Gasteiger partial charge on any atom is -0.453 e. The number of hydrogen-bond acceptors (Lipinski definition) is 8. The van der Waals surface area contributed by atoms with Gasteiger partial charge in [0, 0.05) is 56.1 Å². The Hall–Kier alpha value is -4.71. The second-order valence-corrected chi connectivity index (χ2v) is 10.3. The Morgan fingerprint density at radius 2 is 1.71 bits per heavy atom. The lowest BCUT2D eigenvalue weighted by molar-refractivity contribution is -0.123. The molecule has 0 spiro atoms. The van der Waals surface area contributed by atoms with Crippen LogP contribution in [0, 0.1) is 5.82 Å². The number of ether oxygens (including phenoxy) is 2. The number of benzene rings is 2. The van der Waals surface area contributed by atoms with Crippen LogP contribution >= 0.6 is 11.3 Å². The maximum atomic E-state index is 15.0. The maximum Gasteiger partial charge on any atom is 0.233 e. The van der Waals surface area contributed by atoms with Crippen molar-refractivity contribution >= 4 is 44.7 Å². The van der Waals surface area contributed by atoms with E-state index in [0.717, 1.165) is 33.4 Å². The van der Waals surface area contributed by atoms with Crippen molar-refractivity contribution in [1.82, 2.24) is 15.3 Å². The fraction of sp³-hybridized carbons (Fsp3) is 0.161. The monoisotopic (exact) mass is 585 g/mol. The average Bonchev–Trinajstić information content (AvgIpc) is 3.43. The molecule has 0 aliphatic heterocycles. The number of hydrogen-bond donors (Lipinski definition) is 3. The van der Waals surface area contributed by atoms with Crippen molar-refractivity contribution < 1.29 is 23.5 Å². The lowest BCUT2D eigenvalue weighted by Crippen LogP contribution is -2.21. The number of rotatable bonds is 12. The van der Waals surface area contributed by atoms with Gasteiger partial charge in [0.05, 0.1) is 27.4 Å². The van der Waals surface area contributed by atoms with Crippen molar-refractivity contribution in [2.24, 2.45) is 0 Å². The van der Waals surface area contributed by atoms with Crippen molar-refractivity contribution in [3.63, 3.8) is 0 Å². The standard InChI is InChI=1S/C31H28FN5O4S/c1-40-14-13-33-18-20-7-9-24(35-19-20)28-16-25-31(42-28)27(11-12-34-25)41-26-10-8-22(15-23(26)32)37-30(39)17-29(38)36-21-5-3-2-4-6-21/h2-12,15-16,19,33H,13-14,17-18H2,1H3,(H,36,38)(H,37,39). The van der Waals surface area contributed by atoms with Crippen LogP contribution in [-0.4, -0.2) is 42.0 Å². The molecule has 2 amide bonds. The number of nitrogens with one attached hydrogen (secondary N) is 3. The average molecular weight is 586 g/mol. The summed E-state index contributed by atoms with van der Waals surface area (Å²) in [5.41, 5.74) is 3.36. The zero-order chi connectivity index (χ0) is 29.3. The number of para-hydroxylation sites is 1. The van der Waals surface area contributed by atoms with E-state index in [1.54, 1.807) is 43.6 Å². The van der Waals surface area contributed by atoms with Crippen LogP contribution in [0.1, 0.15) is 12.0 Å². The number of fused-ring (bicyclic) bond motifs is 1. The molecule has 3 aromatic heterocycles. The van der Waals surface area contributed by atoms with Crippen LogP contribution in [0.25, 0.3) is 20.8 Å². The molecule has 0 saturated heterocycles. The first-order chi connectivity index (χ1) is 20.5. The Morgan fingerprint density at radius 1 is 0.905 bits per heavy atom. The molecule has 0 fully saturated rings. The van der Waals surface area contributed by atoms with E-state index in [1.165, 1.54) is 23.5 Å². The van der Waals surface area contributed by atoms with E-state index in [0.29, 0.717) is 30.1 Å². The molecule has 0 atom stereocenters. The van der Waals surface area contributed by atoms with E-state index in [4.69, 9.17) is 9.47 Å². The number of amides is 2. The van der Waals surface area contributed by atoms with E-state index in [-0.39, 0.29) is 11.4 Å². The first-order valence-electron chi connectivity index (χ1n) is 13.1. The predicted octanol–water partition coefficient (Wildman–Crippen LogP) is 5.99. The fourth-order valence-electron chi connectivity index (χ4n) is 4.06. The highest BCUT2D eigenvalue weighted by atomic mass is 32.1. The van der Waals surface area contributed by atoms with Gasteiger partial charge in [-0.3, -0.25) is 19.6 Å². The van der Waals surface area contributed by atoms with Crippen LogP contribution in [0.15, 0.2) is 85.2 Å². The molecule has 214 valence electrons. The summed E-state index contributed by atoms with van der Waals surface area (Å²) < 4.78 is 26.7. The van der Waals surface area contributed by atoms with Crippen molar-refractivity contribution in [1.29, 1.82) is 0 Å². The molecule has 0 radical (unpaired) electrons. The van der Waals surface area contributed by atoms with E-state index in [9.17, 15) is 14.0 Å². The minimum absolute atomic E-state index is 0.0132. The fourth-order valence-corrected chi connectivity index (χ4v) is 5.10. The quantitative estimate of drug-likeness (QED) is 0.122. The summed E-state index contributed by atoms with van der Waals surface area (Å²) >= 11 is 1.45. The molecule has 11 heteroatoms. The van der Waals surface area contributed by atoms with Gasteiger partial charge in [0.1, 0.15) is 12.2 Å². The highest BCUT2D eigenvalue weighted by Crippen LogP contribution is 2.39. The third-order valence-electron chi connectivity index (χ3n) is 6.08. The molecule has 3 heterocycles. The Balaban J connectivity index is 1.23. The Labute approximate surface area is 245 Å². The van der Waals surface area contributed by atoms with Crippen molar-refractivity contribution in [2.75, 3.05) is 30.9 Å². The summed E-state index contributed by atoms with van der Waals surface area (Å²) in [6, 6.07) is 20.5. The van der Waals surface area contributed by atoms with Crippen molar-refractivity contribution in [2.45, 2.75) is 13.0 Å². The number of halogens is 1. The van der Waals surface area contributed by atoms with Gasteiger partial charge in [0.2, 0.25) is 11.8 Å². The summed E-state index contributed by atoms with van der Waals surface area (Å²) in [5, 5.41) is 8.47. The highest BCUT2D eigenvalue weighted by Gasteiger charge is 2.15. The van der Waals surface area contributed by atoms with Crippen LogP contribution in [-0.2, 0) is 20.9 Å². The molecule has 0 aliphatic carbocycles. The molecular weight excluding hydrogens is 557 g/mol. The summed E-state index contributed by atoms with van der Waals surface area (Å²) in [4.78, 5) is 34.4. The predicted molar refractivity (Wildman–Crippen MR) is 161 cm³/mol. The maximum absolute atomic E-state index is 15.0. The Kier molecular flexibility index (Phi) is 9.44. The van der Waals surface area contributed by atoms with Gasteiger partial charge in [-0.15, -0.1) is 11.3 Å². The normalized spacial score (nSPS) is 10.9. The van der Waals surface area contributed by atoms with Gasteiger partial charge in [-0.25, -0.2) is 4.39 Å². The Bertz CT molecular complexity index is 1680. The van der Waals surface area contributed by atoms with Crippen molar-refractivity contribution in [3.8, 4) is 22.1 Å².